The molecule has 1 amide bonds. The number of methoxy groups -OCH3 is 5. The molecule has 1 aliphatic rings. The van der Waals surface area contributed by atoms with E-state index >= 15 is 0 Å². The van der Waals surface area contributed by atoms with Crippen LogP contribution in [-0.2, 0) is 19.4 Å². The lowest BCUT2D eigenvalue weighted by Gasteiger charge is -2.16. The van der Waals surface area contributed by atoms with Crippen LogP contribution in [0, 0.1) is 0 Å². The number of fused-ring (bicyclic) bond motifs is 1. The molecular weight excluding hydrogens is 492 g/mol. The van der Waals surface area contributed by atoms with Gasteiger partial charge in [0.2, 0.25) is 0 Å². The van der Waals surface area contributed by atoms with Crippen molar-refractivity contribution >= 4 is 27.9 Å². The molecule has 3 aromatic rings. The topological polar surface area (TPSA) is 87.3 Å². The number of hydrogen-bond acceptors (Lipinski definition) is 8. The minimum Gasteiger partial charge on any atom is -0.497 e. The smallest absolute Gasteiger partial charge is 0.259 e. The van der Waals surface area contributed by atoms with Gasteiger partial charge < -0.3 is 34.3 Å². The molecule has 1 aromatic heterocycles. The zero-order chi connectivity index (χ0) is 26.4. The van der Waals surface area contributed by atoms with E-state index < -0.39 is 0 Å². The molecule has 2 aromatic carbocycles. The van der Waals surface area contributed by atoms with Crippen LogP contribution >= 0.6 is 11.3 Å². The van der Waals surface area contributed by atoms with Crippen LogP contribution < -0.4 is 34.3 Å². The Balaban J connectivity index is 1.66. The standard InChI is InChI=1S/C28H34N2O6S/c1-32-18-11-12-20(22(14-18)34-3)30-27(31)26-19-9-7-6-8-10-25(19)37-28(26)29-16-17-13-23(35-4)24(36-5)15-21(17)33-2/h11-15,29H,6-10,16H2,1-5H3,(H,30,31). The molecule has 37 heavy (non-hydrogen) atoms. The van der Waals surface area contributed by atoms with Crippen molar-refractivity contribution in [1.29, 1.82) is 0 Å². The number of thiophene rings is 1. The highest BCUT2D eigenvalue weighted by Crippen LogP contribution is 2.40. The minimum absolute atomic E-state index is 0.162. The van der Waals surface area contributed by atoms with E-state index in [1.807, 2.05) is 12.1 Å². The summed E-state index contributed by atoms with van der Waals surface area (Å²) in [6.45, 7) is 0.453. The molecular formula is C28H34N2O6S. The van der Waals surface area contributed by atoms with Crippen molar-refractivity contribution in [2.45, 2.75) is 38.6 Å². The number of anilines is 2. The molecule has 0 bridgehead atoms. The van der Waals surface area contributed by atoms with Gasteiger partial charge in [0.25, 0.3) is 5.91 Å². The van der Waals surface area contributed by atoms with Gasteiger partial charge in [-0.3, -0.25) is 4.79 Å². The van der Waals surface area contributed by atoms with Gasteiger partial charge >= 0.3 is 0 Å². The molecule has 0 saturated heterocycles. The van der Waals surface area contributed by atoms with Crippen molar-refractivity contribution < 1.29 is 28.5 Å². The van der Waals surface area contributed by atoms with Crippen LogP contribution in [0.15, 0.2) is 30.3 Å². The second-order valence-electron chi connectivity index (χ2n) is 8.66. The number of carbonyl (C=O) groups excluding carboxylic acids is 1. The predicted molar refractivity (Wildman–Crippen MR) is 147 cm³/mol. The summed E-state index contributed by atoms with van der Waals surface area (Å²) in [5.41, 5.74) is 3.31. The van der Waals surface area contributed by atoms with Gasteiger partial charge in [-0.2, -0.15) is 0 Å². The van der Waals surface area contributed by atoms with Crippen molar-refractivity contribution in [3.8, 4) is 28.7 Å². The fourth-order valence-corrected chi connectivity index (χ4v) is 5.88. The van der Waals surface area contributed by atoms with E-state index in [2.05, 4.69) is 10.6 Å². The van der Waals surface area contributed by atoms with Crippen molar-refractivity contribution in [2.24, 2.45) is 0 Å². The number of nitrogens with one attached hydrogen (secondary N) is 2. The summed E-state index contributed by atoms with van der Waals surface area (Å²) in [5.74, 6) is 2.93. The van der Waals surface area contributed by atoms with E-state index in [0.717, 1.165) is 41.8 Å². The highest BCUT2D eigenvalue weighted by molar-refractivity contribution is 7.16. The maximum Gasteiger partial charge on any atom is 0.259 e. The Morgan fingerprint density at radius 2 is 1.51 bits per heavy atom. The van der Waals surface area contributed by atoms with Crippen molar-refractivity contribution in [3.63, 3.8) is 0 Å². The number of rotatable bonds is 10. The fourth-order valence-electron chi connectivity index (χ4n) is 4.60. The van der Waals surface area contributed by atoms with Gasteiger partial charge in [-0.25, -0.2) is 0 Å². The maximum absolute atomic E-state index is 13.7. The Morgan fingerprint density at radius 1 is 0.811 bits per heavy atom. The van der Waals surface area contributed by atoms with Gasteiger partial charge in [0, 0.05) is 29.1 Å². The van der Waals surface area contributed by atoms with E-state index in [1.54, 1.807) is 65.1 Å². The van der Waals surface area contributed by atoms with Crippen molar-refractivity contribution in [2.75, 3.05) is 46.2 Å². The van der Waals surface area contributed by atoms with E-state index in [0.29, 0.717) is 46.5 Å². The second-order valence-corrected chi connectivity index (χ2v) is 9.77. The normalized spacial score (nSPS) is 12.7. The molecule has 0 saturated carbocycles. The van der Waals surface area contributed by atoms with Crippen molar-refractivity contribution in [3.05, 3.63) is 51.9 Å². The lowest BCUT2D eigenvalue weighted by molar-refractivity contribution is 0.102. The zero-order valence-corrected chi connectivity index (χ0v) is 22.8. The summed E-state index contributed by atoms with van der Waals surface area (Å²) in [5, 5.41) is 7.42. The van der Waals surface area contributed by atoms with E-state index in [1.165, 1.54) is 11.3 Å². The summed E-state index contributed by atoms with van der Waals surface area (Å²) < 4.78 is 27.3. The van der Waals surface area contributed by atoms with Gasteiger partial charge in [-0.1, -0.05) is 6.42 Å². The Hall–Kier alpha value is -3.59. The lowest BCUT2D eigenvalue weighted by atomic mass is 10.0. The Morgan fingerprint density at radius 3 is 2.22 bits per heavy atom. The van der Waals surface area contributed by atoms with Gasteiger partial charge in [-0.15, -0.1) is 11.3 Å². The quantitative estimate of drug-likeness (QED) is 0.317. The average molecular weight is 527 g/mol. The third-order valence-corrected chi connectivity index (χ3v) is 7.78. The number of amides is 1. The molecule has 0 aliphatic heterocycles. The third kappa shape index (κ3) is 5.72. The fraction of sp³-hybridized carbons (Fsp3) is 0.393. The van der Waals surface area contributed by atoms with Crippen LogP contribution in [0.4, 0.5) is 10.7 Å². The first-order valence-corrected chi connectivity index (χ1v) is 13.0. The summed E-state index contributed by atoms with van der Waals surface area (Å²) >= 11 is 1.66. The average Bonchev–Trinajstić information content (AvgIpc) is 3.12. The molecule has 8 nitrogen and oxygen atoms in total. The molecule has 1 aliphatic carbocycles. The first-order valence-electron chi connectivity index (χ1n) is 12.2. The van der Waals surface area contributed by atoms with E-state index in [-0.39, 0.29) is 5.91 Å². The summed E-state index contributed by atoms with van der Waals surface area (Å²) in [6, 6.07) is 9.05. The number of benzene rings is 2. The zero-order valence-electron chi connectivity index (χ0n) is 22.0. The van der Waals surface area contributed by atoms with Gasteiger partial charge in [0.05, 0.1) is 46.8 Å². The van der Waals surface area contributed by atoms with Crippen molar-refractivity contribution in [1.82, 2.24) is 0 Å². The van der Waals surface area contributed by atoms with Crippen LogP contribution in [0.2, 0.25) is 0 Å². The lowest BCUT2D eigenvalue weighted by Crippen LogP contribution is -2.16. The molecule has 198 valence electrons. The first-order chi connectivity index (χ1) is 18.0. The largest absolute Gasteiger partial charge is 0.497 e. The Kier molecular flexibility index (Phi) is 8.66. The van der Waals surface area contributed by atoms with Crippen LogP contribution in [0.25, 0.3) is 0 Å². The molecule has 0 spiro atoms. The van der Waals surface area contributed by atoms with Gasteiger partial charge in [0.15, 0.2) is 11.5 Å². The molecule has 0 fully saturated rings. The second kappa shape index (κ2) is 12.1. The molecule has 4 rings (SSSR count). The third-order valence-electron chi connectivity index (χ3n) is 6.53. The number of carbonyl (C=O) groups is 1. The summed E-state index contributed by atoms with van der Waals surface area (Å²) in [7, 11) is 7.99. The molecule has 9 heteroatoms. The molecule has 0 radical (unpaired) electrons. The molecule has 1 heterocycles. The number of aryl methyl sites for hydroxylation is 1. The highest BCUT2D eigenvalue weighted by Gasteiger charge is 2.26. The molecule has 0 atom stereocenters. The van der Waals surface area contributed by atoms with Crippen LogP contribution in [-0.4, -0.2) is 41.5 Å². The monoisotopic (exact) mass is 526 g/mol. The Labute approximate surface area is 221 Å². The first kappa shape index (κ1) is 26.5. The van der Waals surface area contributed by atoms with Crippen LogP contribution in [0.1, 0.15) is 45.6 Å². The minimum atomic E-state index is -0.162. The van der Waals surface area contributed by atoms with E-state index in [9.17, 15) is 4.79 Å². The van der Waals surface area contributed by atoms with E-state index in [4.69, 9.17) is 23.7 Å². The Bertz CT molecular complexity index is 1260. The SMILES string of the molecule is COc1ccc(NC(=O)c2c(NCc3cc(OC)c(OC)cc3OC)sc3c2CCCCC3)c(OC)c1. The molecule has 2 N–H and O–H groups in total. The predicted octanol–water partition coefficient (Wildman–Crippen LogP) is 5.92. The highest BCUT2D eigenvalue weighted by atomic mass is 32.1. The van der Waals surface area contributed by atoms with Gasteiger partial charge in [-0.05, 0) is 49.4 Å². The number of ether oxygens (including phenoxy) is 5. The molecule has 0 unspecified atom stereocenters. The van der Waals surface area contributed by atoms with Gasteiger partial charge in [0.1, 0.15) is 22.2 Å². The van der Waals surface area contributed by atoms with Crippen LogP contribution in [0.5, 0.6) is 28.7 Å². The maximum atomic E-state index is 13.7. The summed E-state index contributed by atoms with van der Waals surface area (Å²) in [4.78, 5) is 15.0. The van der Waals surface area contributed by atoms with Crippen LogP contribution in [0.3, 0.4) is 0 Å². The summed E-state index contributed by atoms with van der Waals surface area (Å²) in [6.07, 6.45) is 5.23. The number of hydrogen-bond donors (Lipinski definition) is 2.